The first-order valence-corrected chi connectivity index (χ1v) is 8.90. The van der Waals surface area contributed by atoms with Gasteiger partial charge in [-0.25, -0.2) is 13.1 Å². The zero-order chi connectivity index (χ0) is 14.6. The second kappa shape index (κ2) is 6.89. The Kier molecular flexibility index (Phi) is 5.43. The fourth-order valence-corrected chi connectivity index (χ4v) is 3.61. The van der Waals surface area contributed by atoms with Gasteiger partial charge in [0.15, 0.2) is 0 Å². The average molecular weight is 317 g/mol. The normalized spacial score (nSPS) is 16.1. The van der Waals surface area contributed by atoms with Gasteiger partial charge in [0.05, 0.1) is 4.90 Å². The summed E-state index contributed by atoms with van der Waals surface area (Å²) in [6.07, 6.45) is 3.98. The van der Waals surface area contributed by atoms with Crippen molar-refractivity contribution in [3.05, 3.63) is 28.8 Å². The fraction of sp³-hybridized carbons (Fsp3) is 0.571. The predicted molar refractivity (Wildman–Crippen MR) is 81.4 cm³/mol. The summed E-state index contributed by atoms with van der Waals surface area (Å²) in [5, 5.41) is 3.83. The highest BCUT2D eigenvalue weighted by atomic mass is 35.5. The van der Waals surface area contributed by atoms with Crippen LogP contribution in [-0.4, -0.2) is 21.0 Å². The van der Waals surface area contributed by atoms with Crippen molar-refractivity contribution in [3.63, 3.8) is 0 Å². The molecule has 2 N–H and O–H groups in total. The maximum absolute atomic E-state index is 12.3. The minimum atomic E-state index is -3.43. The Balaban J connectivity index is 2.12. The monoisotopic (exact) mass is 316 g/mol. The Hall–Kier alpha value is -0.620. The number of rotatable bonds is 7. The van der Waals surface area contributed by atoms with Crippen molar-refractivity contribution in [1.82, 2.24) is 10.0 Å². The second-order valence-electron chi connectivity index (χ2n) is 5.18. The van der Waals surface area contributed by atoms with Crippen LogP contribution in [0.5, 0.6) is 0 Å². The van der Waals surface area contributed by atoms with Crippen LogP contribution < -0.4 is 10.0 Å². The largest absolute Gasteiger partial charge is 0.313 e. The summed E-state index contributed by atoms with van der Waals surface area (Å²) < 4.78 is 27.2. The van der Waals surface area contributed by atoms with Gasteiger partial charge in [-0.05, 0) is 49.6 Å². The molecule has 112 valence electrons. The number of nitrogens with one attached hydrogen (secondary N) is 2. The average Bonchev–Trinajstić information content (AvgIpc) is 2.36. The van der Waals surface area contributed by atoms with Gasteiger partial charge in [-0.15, -0.1) is 0 Å². The quantitative estimate of drug-likeness (QED) is 0.760. The van der Waals surface area contributed by atoms with E-state index in [-0.39, 0.29) is 6.04 Å². The van der Waals surface area contributed by atoms with Crippen molar-refractivity contribution in [1.29, 1.82) is 0 Å². The minimum absolute atomic E-state index is 0.0948. The van der Waals surface area contributed by atoms with Gasteiger partial charge in [0.1, 0.15) is 0 Å². The Morgan fingerprint density at radius 2 is 2.10 bits per heavy atom. The number of benzene rings is 1. The fourth-order valence-electron chi connectivity index (χ4n) is 2.07. The number of hydrogen-bond donors (Lipinski definition) is 2. The molecule has 0 radical (unpaired) electrons. The van der Waals surface area contributed by atoms with Crippen molar-refractivity contribution >= 4 is 21.6 Å². The van der Waals surface area contributed by atoms with Crippen LogP contribution in [0.25, 0.3) is 0 Å². The smallest absolute Gasteiger partial charge is 0.240 e. The highest BCUT2D eigenvalue weighted by molar-refractivity contribution is 7.89. The van der Waals surface area contributed by atoms with Gasteiger partial charge in [-0.1, -0.05) is 24.9 Å². The molecule has 0 aliphatic heterocycles. The molecule has 1 saturated carbocycles. The van der Waals surface area contributed by atoms with Crippen molar-refractivity contribution in [3.8, 4) is 0 Å². The van der Waals surface area contributed by atoms with Gasteiger partial charge in [0, 0.05) is 17.6 Å². The number of sulfonamides is 1. The SMILES string of the molecule is CCCNCc1cc(S(=O)(=O)NC2CCC2)ccc1Cl. The van der Waals surface area contributed by atoms with E-state index in [9.17, 15) is 8.42 Å². The van der Waals surface area contributed by atoms with Crippen LogP contribution in [-0.2, 0) is 16.6 Å². The Bertz CT molecular complexity index is 556. The third kappa shape index (κ3) is 3.95. The first kappa shape index (κ1) is 15.8. The molecule has 20 heavy (non-hydrogen) atoms. The minimum Gasteiger partial charge on any atom is -0.313 e. The van der Waals surface area contributed by atoms with Crippen molar-refractivity contribution in [2.24, 2.45) is 0 Å². The van der Waals surface area contributed by atoms with E-state index in [1.807, 2.05) is 0 Å². The summed E-state index contributed by atoms with van der Waals surface area (Å²) in [4.78, 5) is 0.294. The van der Waals surface area contributed by atoms with Crippen molar-refractivity contribution < 1.29 is 8.42 Å². The lowest BCUT2D eigenvalue weighted by molar-refractivity contribution is 0.383. The van der Waals surface area contributed by atoms with E-state index in [4.69, 9.17) is 11.6 Å². The molecular formula is C14H21ClN2O2S. The first-order chi connectivity index (χ1) is 9.53. The summed E-state index contributed by atoms with van der Waals surface area (Å²) in [6, 6.07) is 4.97. The summed E-state index contributed by atoms with van der Waals surface area (Å²) in [5.41, 5.74) is 0.816. The molecule has 1 aromatic rings. The highest BCUT2D eigenvalue weighted by Crippen LogP contribution is 2.24. The lowest BCUT2D eigenvalue weighted by atomic mass is 9.94. The van der Waals surface area contributed by atoms with E-state index in [1.54, 1.807) is 18.2 Å². The van der Waals surface area contributed by atoms with Gasteiger partial charge in [0.25, 0.3) is 0 Å². The maximum atomic E-state index is 12.3. The third-order valence-electron chi connectivity index (χ3n) is 3.50. The summed E-state index contributed by atoms with van der Waals surface area (Å²) >= 11 is 6.11. The predicted octanol–water partition coefficient (Wildman–Crippen LogP) is 2.67. The third-order valence-corrected chi connectivity index (χ3v) is 5.38. The lowest BCUT2D eigenvalue weighted by Gasteiger charge is -2.26. The molecule has 0 atom stereocenters. The van der Waals surface area contributed by atoms with E-state index in [1.165, 1.54) is 0 Å². The topological polar surface area (TPSA) is 58.2 Å². The number of halogens is 1. The molecule has 1 aromatic carbocycles. The van der Waals surface area contributed by atoms with Crippen LogP contribution >= 0.6 is 11.6 Å². The zero-order valence-electron chi connectivity index (χ0n) is 11.7. The summed E-state index contributed by atoms with van der Waals surface area (Å²) in [7, 11) is -3.43. The van der Waals surface area contributed by atoms with Crippen LogP contribution in [0.4, 0.5) is 0 Å². The van der Waals surface area contributed by atoms with Crippen molar-refractivity contribution in [2.75, 3.05) is 6.54 Å². The van der Waals surface area contributed by atoms with Crippen LogP contribution in [0.1, 0.15) is 38.2 Å². The van der Waals surface area contributed by atoms with Crippen LogP contribution in [0.15, 0.2) is 23.1 Å². The maximum Gasteiger partial charge on any atom is 0.240 e. The van der Waals surface area contributed by atoms with Gasteiger partial charge in [-0.2, -0.15) is 0 Å². The Morgan fingerprint density at radius 3 is 2.70 bits per heavy atom. The summed E-state index contributed by atoms with van der Waals surface area (Å²) in [5.74, 6) is 0. The Morgan fingerprint density at radius 1 is 1.35 bits per heavy atom. The van der Waals surface area contributed by atoms with Gasteiger partial charge in [0.2, 0.25) is 10.0 Å². The van der Waals surface area contributed by atoms with Gasteiger partial charge >= 0.3 is 0 Å². The molecule has 0 bridgehead atoms. The second-order valence-corrected chi connectivity index (χ2v) is 7.30. The highest BCUT2D eigenvalue weighted by Gasteiger charge is 2.25. The Labute approximate surface area is 126 Å². The molecule has 0 heterocycles. The first-order valence-electron chi connectivity index (χ1n) is 7.04. The molecular weight excluding hydrogens is 296 g/mol. The molecule has 0 spiro atoms. The van der Waals surface area contributed by atoms with E-state index >= 15 is 0 Å². The van der Waals surface area contributed by atoms with Crippen LogP contribution in [0.2, 0.25) is 5.02 Å². The van der Waals surface area contributed by atoms with E-state index in [2.05, 4.69) is 17.0 Å². The molecule has 1 aliphatic rings. The van der Waals surface area contributed by atoms with E-state index < -0.39 is 10.0 Å². The van der Waals surface area contributed by atoms with E-state index in [0.29, 0.717) is 16.5 Å². The van der Waals surface area contributed by atoms with Crippen molar-refractivity contribution in [2.45, 2.75) is 50.1 Å². The lowest BCUT2D eigenvalue weighted by Crippen LogP contribution is -2.39. The molecule has 0 amide bonds. The van der Waals surface area contributed by atoms with Gasteiger partial charge in [-0.3, -0.25) is 0 Å². The number of hydrogen-bond acceptors (Lipinski definition) is 3. The molecule has 0 aromatic heterocycles. The molecule has 4 nitrogen and oxygen atoms in total. The van der Waals surface area contributed by atoms with Gasteiger partial charge < -0.3 is 5.32 Å². The molecule has 0 unspecified atom stereocenters. The van der Waals surface area contributed by atoms with E-state index in [0.717, 1.165) is 37.8 Å². The van der Waals surface area contributed by atoms with Crippen LogP contribution in [0, 0.1) is 0 Å². The molecule has 1 aliphatic carbocycles. The molecule has 1 fully saturated rings. The standard InChI is InChI=1S/C14H21ClN2O2S/c1-2-8-16-10-11-9-13(6-7-14(11)15)20(18,19)17-12-4-3-5-12/h6-7,9,12,16-17H,2-5,8,10H2,1H3. The molecule has 6 heteroatoms. The summed E-state index contributed by atoms with van der Waals surface area (Å²) in [6.45, 7) is 3.55. The molecule has 2 rings (SSSR count). The van der Waals surface area contributed by atoms with Crippen LogP contribution in [0.3, 0.4) is 0 Å². The zero-order valence-corrected chi connectivity index (χ0v) is 13.2. The molecule has 0 saturated heterocycles.